The van der Waals surface area contributed by atoms with Crippen LogP contribution >= 0.6 is 0 Å². The first-order chi connectivity index (χ1) is 10.1. The number of hydrogen-bond acceptors (Lipinski definition) is 3. The maximum Gasteiger partial charge on any atom is 0.314 e. The zero-order valence-electron chi connectivity index (χ0n) is 13.4. The van der Waals surface area contributed by atoms with Crippen LogP contribution in [0.15, 0.2) is 18.2 Å². The molecule has 21 heavy (non-hydrogen) atoms. The van der Waals surface area contributed by atoms with Gasteiger partial charge in [-0.3, -0.25) is 0 Å². The Morgan fingerprint density at radius 3 is 2.57 bits per heavy atom. The lowest BCUT2D eigenvalue weighted by atomic mass is 10.1. The van der Waals surface area contributed by atoms with E-state index in [1.165, 1.54) is 0 Å². The summed E-state index contributed by atoms with van der Waals surface area (Å²) in [5.41, 5.74) is 1.16. The number of carbonyl (C=O) groups excluding carboxylic acids is 1. The Morgan fingerprint density at radius 2 is 1.95 bits per heavy atom. The standard InChI is InChI=1S/C16H26N2O3/c1-5-12(2)18-16(19)17-10-6-7-13-8-9-14(20-3)15(11-13)21-4/h8-9,11-12H,5-7,10H2,1-4H3,(H2,17,18,19). The fourth-order valence-corrected chi connectivity index (χ4v) is 1.91. The van der Waals surface area contributed by atoms with E-state index < -0.39 is 0 Å². The van der Waals surface area contributed by atoms with Gasteiger partial charge < -0.3 is 20.1 Å². The number of nitrogens with one attached hydrogen (secondary N) is 2. The minimum Gasteiger partial charge on any atom is -0.493 e. The summed E-state index contributed by atoms with van der Waals surface area (Å²) >= 11 is 0. The number of rotatable bonds is 8. The van der Waals surface area contributed by atoms with E-state index in [0.717, 1.165) is 36.3 Å². The first-order valence-electron chi connectivity index (χ1n) is 7.36. The summed E-state index contributed by atoms with van der Waals surface area (Å²) in [5.74, 6) is 1.46. The van der Waals surface area contributed by atoms with Gasteiger partial charge in [-0.25, -0.2) is 4.79 Å². The van der Waals surface area contributed by atoms with E-state index in [9.17, 15) is 4.79 Å². The van der Waals surface area contributed by atoms with E-state index in [1.54, 1.807) is 14.2 Å². The van der Waals surface area contributed by atoms with Gasteiger partial charge in [0.2, 0.25) is 0 Å². The molecule has 0 aliphatic carbocycles. The highest BCUT2D eigenvalue weighted by Gasteiger charge is 2.06. The van der Waals surface area contributed by atoms with Crippen LogP contribution in [0.4, 0.5) is 4.79 Å². The average Bonchev–Trinajstić information content (AvgIpc) is 2.51. The van der Waals surface area contributed by atoms with Crippen LogP contribution in [0.1, 0.15) is 32.3 Å². The molecule has 0 heterocycles. The van der Waals surface area contributed by atoms with Gasteiger partial charge in [0.1, 0.15) is 0 Å². The Balaban J connectivity index is 2.34. The molecule has 0 radical (unpaired) electrons. The van der Waals surface area contributed by atoms with E-state index in [4.69, 9.17) is 9.47 Å². The highest BCUT2D eigenvalue weighted by Crippen LogP contribution is 2.27. The summed E-state index contributed by atoms with van der Waals surface area (Å²) in [6.07, 6.45) is 2.69. The molecule has 1 aromatic carbocycles. The molecule has 5 nitrogen and oxygen atoms in total. The average molecular weight is 294 g/mol. The highest BCUT2D eigenvalue weighted by molar-refractivity contribution is 5.74. The van der Waals surface area contributed by atoms with Gasteiger partial charge >= 0.3 is 6.03 Å². The van der Waals surface area contributed by atoms with Crippen molar-refractivity contribution in [1.82, 2.24) is 10.6 Å². The van der Waals surface area contributed by atoms with Crippen molar-refractivity contribution in [3.8, 4) is 11.5 Å². The molecule has 0 fully saturated rings. The minimum absolute atomic E-state index is 0.100. The number of amides is 2. The quantitative estimate of drug-likeness (QED) is 0.725. The number of hydrogen-bond donors (Lipinski definition) is 2. The molecule has 1 rings (SSSR count). The SMILES string of the molecule is CCC(C)NC(=O)NCCCc1ccc(OC)c(OC)c1. The predicted octanol–water partition coefficient (Wildman–Crippen LogP) is 2.73. The molecule has 0 saturated carbocycles. The molecule has 0 bridgehead atoms. The fourth-order valence-electron chi connectivity index (χ4n) is 1.91. The predicted molar refractivity (Wildman–Crippen MR) is 84.2 cm³/mol. The van der Waals surface area contributed by atoms with Crippen LogP contribution in [-0.2, 0) is 6.42 Å². The third-order valence-electron chi connectivity index (χ3n) is 3.37. The summed E-state index contributed by atoms with van der Waals surface area (Å²) in [5, 5.41) is 5.74. The fraction of sp³-hybridized carbons (Fsp3) is 0.562. The molecule has 1 unspecified atom stereocenters. The van der Waals surface area contributed by atoms with Gasteiger partial charge in [-0.1, -0.05) is 13.0 Å². The molecule has 0 spiro atoms. The van der Waals surface area contributed by atoms with Crippen LogP contribution in [0, 0.1) is 0 Å². The van der Waals surface area contributed by atoms with Crippen LogP contribution in [0.5, 0.6) is 11.5 Å². The summed E-state index contributed by atoms with van der Waals surface area (Å²) in [7, 11) is 3.25. The lowest BCUT2D eigenvalue weighted by molar-refractivity contribution is 0.237. The minimum atomic E-state index is -0.100. The third-order valence-corrected chi connectivity index (χ3v) is 3.37. The van der Waals surface area contributed by atoms with E-state index in [0.29, 0.717) is 6.54 Å². The van der Waals surface area contributed by atoms with Crippen LogP contribution in [0.25, 0.3) is 0 Å². The van der Waals surface area contributed by atoms with Crippen LogP contribution in [0.2, 0.25) is 0 Å². The molecular formula is C16H26N2O3. The highest BCUT2D eigenvalue weighted by atomic mass is 16.5. The zero-order chi connectivity index (χ0) is 15.7. The normalized spacial score (nSPS) is 11.6. The van der Waals surface area contributed by atoms with Crippen LogP contribution < -0.4 is 20.1 Å². The van der Waals surface area contributed by atoms with Gasteiger partial charge in [-0.05, 0) is 43.9 Å². The monoisotopic (exact) mass is 294 g/mol. The van der Waals surface area contributed by atoms with Gasteiger partial charge in [-0.15, -0.1) is 0 Å². The number of benzene rings is 1. The first kappa shape index (κ1) is 17.1. The Bertz CT molecular complexity index is 449. The number of ether oxygens (including phenoxy) is 2. The van der Waals surface area contributed by atoms with Crippen LogP contribution in [-0.4, -0.2) is 32.8 Å². The van der Waals surface area contributed by atoms with Crippen molar-refractivity contribution >= 4 is 6.03 Å². The van der Waals surface area contributed by atoms with Crippen molar-refractivity contribution in [2.75, 3.05) is 20.8 Å². The zero-order valence-corrected chi connectivity index (χ0v) is 13.4. The lowest BCUT2D eigenvalue weighted by Crippen LogP contribution is -2.40. The van der Waals surface area contributed by atoms with Gasteiger partial charge in [0.05, 0.1) is 14.2 Å². The number of aryl methyl sites for hydroxylation is 1. The number of carbonyl (C=O) groups is 1. The molecule has 5 heteroatoms. The molecule has 1 aromatic rings. The molecule has 118 valence electrons. The Hall–Kier alpha value is -1.91. The van der Waals surface area contributed by atoms with E-state index in [2.05, 4.69) is 10.6 Å². The maximum atomic E-state index is 11.5. The summed E-state index contributed by atoms with van der Waals surface area (Å²) in [6, 6.07) is 5.99. The molecule has 0 saturated heterocycles. The molecule has 0 aliphatic rings. The molecular weight excluding hydrogens is 268 g/mol. The topological polar surface area (TPSA) is 59.6 Å². The molecule has 0 aromatic heterocycles. The molecule has 2 amide bonds. The van der Waals surface area contributed by atoms with Gasteiger partial charge in [0, 0.05) is 12.6 Å². The van der Waals surface area contributed by atoms with Crippen LogP contribution in [0.3, 0.4) is 0 Å². The summed E-state index contributed by atoms with van der Waals surface area (Å²) in [4.78, 5) is 11.5. The van der Waals surface area contributed by atoms with Gasteiger partial charge in [0.25, 0.3) is 0 Å². The second-order valence-electron chi connectivity index (χ2n) is 5.00. The Morgan fingerprint density at radius 1 is 1.24 bits per heavy atom. The number of urea groups is 1. The van der Waals surface area contributed by atoms with Crippen molar-refractivity contribution in [3.63, 3.8) is 0 Å². The summed E-state index contributed by atoms with van der Waals surface area (Å²) < 4.78 is 10.5. The van der Waals surface area contributed by atoms with E-state index in [-0.39, 0.29) is 12.1 Å². The molecule has 0 aliphatic heterocycles. The van der Waals surface area contributed by atoms with Crippen molar-refractivity contribution in [2.24, 2.45) is 0 Å². The Labute approximate surface area is 127 Å². The van der Waals surface area contributed by atoms with E-state index >= 15 is 0 Å². The van der Waals surface area contributed by atoms with Crippen molar-refractivity contribution in [2.45, 2.75) is 39.2 Å². The second-order valence-corrected chi connectivity index (χ2v) is 5.00. The van der Waals surface area contributed by atoms with Crippen molar-refractivity contribution in [1.29, 1.82) is 0 Å². The summed E-state index contributed by atoms with van der Waals surface area (Å²) in [6.45, 7) is 4.68. The molecule has 1 atom stereocenters. The lowest BCUT2D eigenvalue weighted by Gasteiger charge is -2.12. The molecule has 2 N–H and O–H groups in total. The third kappa shape index (κ3) is 5.94. The Kier molecular flexibility index (Phi) is 7.43. The van der Waals surface area contributed by atoms with E-state index in [1.807, 2.05) is 32.0 Å². The van der Waals surface area contributed by atoms with Crippen molar-refractivity contribution < 1.29 is 14.3 Å². The maximum absolute atomic E-state index is 11.5. The van der Waals surface area contributed by atoms with Gasteiger partial charge in [0.15, 0.2) is 11.5 Å². The smallest absolute Gasteiger partial charge is 0.314 e. The first-order valence-corrected chi connectivity index (χ1v) is 7.36. The largest absolute Gasteiger partial charge is 0.493 e. The second kappa shape index (κ2) is 9.10. The van der Waals surface area contributed by atoms with Crippen molar-refractivity contribution in [3.05, 3.63) is 23.8 Å². The van der Waals surface area contributed by atoms with Gasteiger partial charge in [-0.2, -0.15) is 0 Å². The number of methoxy groups -OCH3 is 2.